The molecule has 0 heterocycles. The zero-order valence-corrected chi connectivity index (χ0v) is 10.9. The highest BCUT2D eigenvalue weighted by Gasteiger charge is 2.17. The van der Waals surface area contributed by atoms with Gasteiger partial charge in [0.15, 0.2) is 0 Å². The summed E-state index contributed by atoms with van der Waals surface area (Å²) in [6.45, 7) is 3.82. The van der Waals surface area contributed by atoms with Crippen molar-refractivity contribution in [2.24, 2.45) is 5.73 Å². The van der Waals surface area contributed by atoms with Crippen molar-refractivity contribution in [1.29, 1.82) is 0 Å². The van der Waals surface area contributed by atoms with E-state index in [-0.39, 0.29) is 11.3 Å². The Kier molecular flexibility index (Phi) is 3.60. The Balaban J connectivity index is 2.40. The average molecular weight is 247 g/mol. The van der Waals surface area contributed by atoms with E-state index >= 15 is 0 Å². The molecule has 0 amide bonds. The predicted octanol–water partition coefficient (Wildman–Crippen LogP) is 2.68. The van der Waals surface area contributed by atoms with Crippen LogP contribution in [0.4, 0.5) is 0 Å². The van der Waals surface area contributed by atoms with E-state index in [4.69, 9.17) is 5.73 Å². The lowest BCUT2D eigenvalue weighted by Crippen LogP contribution is -2.32. The lowest BCUT2D eigenvalue weighted by atomic mass is 10.1. The second-order valence-corrected chi connectivity index (χ2v) is 6.18. The van der Waals surface area contributed by atoms with Gasteiger partial charge in [0.05, 0.1) is 16.0 Å². The van der Waals surface area contributed by atoms with Crippen LogP contribution in [0.3, 0.4) is 0 Å². The van der Waals surface area contributed by atoms with Gasteiger partial charge in [0.2, 0.25) is 0 Å². The van der Waals surface area contributed by atoms with Crippen LogP contribution in [0.15, 0.2) is 47.4 Å². The fourth-order valence-corrected chi connectivity index (χ4v) is 2.97. The molecule has 2 nitrogen and oxygen atoms in total. The van der Waals surface area contributed by atoms with Gasteiger partial charge >= 0.3 is 0 Å². The highest BCUT2D eigenvalue weighted by atomic mass is 32.2. The minimum absolute atomic E-state index is 0.0313. The Morgan fingerprint density at radius 3 is 2.35 bits per heavy atom. The SMILES string of the molecule is CC(N)C(C)S(=O)c1ccc2ccccc2c1. The number of hydrogen-bond donors (Lipinski definition) is 1. The first-order chi connectivity index (χ1) is 8.09. The van der Waals surface area contributed by atoms with Gasteiger partial charge in [0, 0.05) is 10.9 Å². The summed E-state index contributed by atoms with van der Waals surface area (Å²) >= 11 is 0. The monoisotopic (exact) mass is 247 g/mol. The van der Waals surface area contributed by atoms with E-state index in [1.165, 1.54) is 5.39 Å². The molecule has 3 atom stereocenters. The molecule has 17 heavy (non-hydrogen) atoms. The Bertz CT molecular complexity index is 551. The Morgan fingerprint density at radius 1 is 1.06 bits per heavy atom. The molecular formula is C14H17NOS. The predicted molar refractivity (Wildman–Crippen MR) is 73.5 cm³/mol. The Labute approximate surface area is 104 Å². The van der Waals surface area contributed by atoms with E-state index in [0.29, 0.717) is 0 Å². The second-order valence-electron chi connectivity index (χ2n) is 4.37. The molecule has 3 unspecified atom stereocenters. The van der Waals surface area contributed by atoms with Crippen molar-refractivity contribution >= 4 is 21.6 Å². The standard InChI is InChI=1S/C14H17NOS/c1-10(15)11(2)17(16)14-8-7-12-5-3-4-6-13(12)9-14/h3-11H,15H2,1-2H3. The molecule has 0 aliphatic carbocycles. The van der Waals surface area contributed by atoms with Gasteiger partial charge < -0.3 is 5.73 Å². The molecule has 2 N–H and O–H groups in total. The van der Waals surface area contributed by atoms with Crippen molar-refractivity contribution in [2.45, 2.75) is 30.0 Å². The Hall–Kier alpha value is -1.19. The molecule has 0 aliphatic rings. The summed E-state index contributed by atoms with van der Waals surface area (Å²) in [5, 5.41) is 2.26. The normalized spacial score (nSPS) is 16.6. The van der Waals surface area contributed by atoms with Crippen molar-refractivity contribution in [3.63, 3.8) is 0 Å². The van der Waals surface area contributed by atoms with Crippen molar-refractivity contribution in [1.82, 2.24) is 0 Å². The minimum atomic E-state index is -1.04. The molecule has 0 aromatic heterocycles. The molecule has 0 bridgehead atoms. The topological polar surface area (TPSA) is 43.1 Å². The maximum absolute atomic E-state index is 12.3. The van der Waals surface area contributed by atoms with Gasteiger partial charge in [-0.3, -0.25) is 4.21 Å². The van der Waals surface area contributed by atoms with Crippen LogP contribution < -0.4 is 5.73 Å². The number of benzene rings is 2. The maximum Gasteiger partial charge on any atom is 0.0573 e. The van der Waals surface area contributed by atoms with Gasteiger partial charge in [-0.2, -0.15) is 0 Å². The van der Waals surface area contributed by atoms with Crippen molar-refractivity contribution in [3.8, 4) is 0 Å². The summed E-state index contributed by atoms with van der Waals surface area (Å²) < 4.78 is 12.3. The van der Waals surface area contributed by atoms with Crippen molar-refractivity contribution in [3.05, 3.63) is 42.5 Å². The largest absolute Gasteiger partial charge is 0.327 e. The molecule has 0 fully saturated rings. The molecule has 0 radical (unpaired) electrons. The van der Waals surface area contributed by atoms with Crippen LogP contribution in [0.25, 0.3) is 10.8 Å². The van der Waals surface area contributed by atoms with E-state index < -0.39 is 10.8 Å². The van der Waals surface area contributed by atoms with Crippen LogP contribution in [0.5, 0.6) is 0 Å². The first-order valence-corrected chi connectivity index (χ1v) is 6.96. The molecular weight excluding hydrogens is 230 g/mol. The van der Waals surface area contributed by atoms with Crippen LogP contribution in [-0.2, 0) is 10.8 Å². The van der Waals surface area contributed by atoms with Gasteiger partial charge in [0.25, 0.3) is 0 Å². The molecule has 0 aliphatic heterocycles. The third-order valence-electron chi connectivity index (χ3n) is 3.03. The van der Waals surface area contributed by atoms with E-state index in [1.54, 1.807) is 0 Å². The zero-order chi connectivity index (χ0) is 12.4. The Morgan fingerprint density at radius 2 is 1.71 bits per heavy atom. The fraction of sp³-hybridized carbons (Fsp3) is 0.286. The molecule has 2 aromatic carbocycles. The summed E-state index contributed by atoms with van der Waals surface area (Å²) in [4.78, 5) is 0.855. The highest BCUT2D eigenvalue weighted by molar-refractivity contribution is 7.85. The second kappa shape index (κ2) is 4.98. The van der Waals surface area contributed by atoms with Crippen molar-refractivity contribution in [2.75, 3.05) is 0 Å². The molecule has 0 saturated heterocycles. The van der Waals surface area contributed by atoms with Gasteiger partial charge in [-0.15, -0.1) is 0 Å². The highest BCUT2D eigenvalue weighted by Crippen LogP contribution is 2.20. The van der Waals surface area contributed by atoms with E-state index in [2.05, 4.69) is 6.07 Å². The molecule has 2 rings (SSSR count). The van der Waals surface area contributed by atoms with Gasteiger partial charge in [-0.25, -0.2) is 0 Å². The summed E-state index contributed by atoms with van der Waals surface area (Å²) in [7, 11) is -1.04. The van der Waals surface area contributed by atoms with E-state index in [1.807, 2.05) is 50.2 Å². The number of hydrogen-bond acceptors (Lipinski definition) is 2. The van der Waals surface area contributed by atoms with E-state index in [9.17, 15) is 4.21 Å². The summed E-state index contributed by atoms with van der Waals surface area (Å²) in [6.07, 6.45) is 0. The maximum atomic E-state index is 12.3. The molecule has 0 spiro atoms. The molecule has 90 valence electrons. The van der Waals surface area contributed by atoms with E-state index in [0.717, 1.165) is 10.3 Å². The molecule has 2 aromatic rings. The first-order valence-electron chi connectivity index (χ1n) is 5.74. The van der Waals surface area contributed by atoms with Crippen LogP contribution in [-0.4, -0.2) is 15.5 Å². The van der Waals surface area contributed by atoms with Crippen molar-refractivity contribution < 1.29 is 4.21 Å². The smallest absolute Gasteiger partial charge is 0.0573 e. The molecule has 3 heteroatoms. The summed E-state index contributed by atoms with van der Waals surface area (Å²) in [5.41, 5.74) is 5.79. The van der Waals surface area contributed by atoms with Crippen LogP contribution in [0.2, 0.25) is 0 Å². The number of fused-ring (bicyclic) bond motifs is 1. The third-order valence-corrected chi connectivity index (χ3v) is 4.85. The van der Waals surface area contributed by atoms with Gasteiger partial charge in [-0.1, -0.05) is 30.3 Å². The van der Waals surface area contributed by atoms with Crippen LogP contribution in [0.1, 0.15) is 13.8 Å². The first kappa shape index (κ1) is 12.3. The molecule has 0 saturated carbocycles. The van der Waals surface area contributed by atoms with Crippen LogP contribution in [0, 0.1) is 0 Å². The average Bonchev–Trinajstić information content (AvgIpc) is 2.36. The lowest BCUT2D eigenvalue weighted by molar-refractivity contribution is 0.649. The van der Waals surface area contributed by atoms with Crippen LogP contribution >= 0.6 is 0 Å². The third kappa shape index (κ3) is 2.56. The lowest BCUT2D eigenvalue weighted by Gasteiger charge is -2.15. The number of rotatable bonds is 3. The van der Waals surface area contributed by atoms with Gasteiger partial charge in [-0.05, 0) is 36.8 Å². The zero-order valence-electron chi connectivity index (χ0n) is 10.1. The minimum Gasteiger partial charge on any atom is -0.327 e. The fourth-order valence-electron chi connectivity index (χ4n) is 1.70. The number of nitrogens with two attached hydrogens (primary N) is 1. The van der Waals surface area contributed by atoms with Gasteiger partial charge in [0.1, 0.15) is 0 Å². The quantitative estimate of drug-likeness (QED) is 0.906. The summed E-state index contributed by atoms with van der Waals surface area (Å²) in [5.74, 6) is 0. The summed E-state index contributed by atoms with van der Waals surface area (Å²) in [6, 6.07) is 13.9.